The van der Waals surface area contributed by atoms with Crippen molar-refractivity contribution in [3.63, 3.8) is 0 Å². The van der Waals surface area contributed by atoms with Gasteiger partial charge in [0.25, 0.3) is 0 Å². The normalized spacial score (nSPS) is 56.7. The molecule has 0 aromatic carbocycles. The van der Waals surface area contributed by atoms with Crippen molar-refractivity contribution in [2.75, 3.05) is 0 Å². The van der Waals surface area contributed by atoms with Crippen molar-refractivity contribution in [2.24, 2.45) is 71.0 Å². The molecule has 142 valence electrons. The van der Waals surface area contributed by atoms with E-state index in [0.717, 1.165) is 65.1 Å². The lowest BCUT2D eigenvalue weighted by Gasteiger charge is -2.37. The highest BCUT2D eigenvalue weighted by Crippen LogP contribution is 2.69. The minimum absolute atomic E-state index is 0.701. The molecule has 0 heterocycles. The quantitative estimate of drug-likeness (QED) is 0.506. The Morgan fingerprint density at radius 2 is 1.26 bits per heavy atom. The first kappa shape index (κ1) is 16.6. The number of hydrogen-bond acceptors (Lipinski definition) is 0. The van der Waals surface area contributed by atoms with Gasteiger partial charge < -0.3 is 0 Å². The predicted molar refractivity (Wildman–Crippen MR) is 113 cm³/mol. The summed E-state index contributed by atoms with van der Waals surface area (Å²) >= 11 is 0. The molecule has 0 radical (unpaired) electrons. The molecule has 0 aromatic heterocycles. The second-order valence-corrected chi connectivity index (χ2v) is 10.5. The van der Waals surface area contributed by atoms with E-state index in [9.17, 15) is 0 Å². The third-order valence-electron chi connectivity index (χ3n) is 9.88. The van der Waals surface area contributed by atoms with Crippen LogP contribution in [0.25, 0.3) is 0 Å². The smallest absolute Gasteiger partial charge is 0.0133 e. The molecule has 12 unspecified atom stereocenters. The molecule has 0 spiro atoms. The Morgan fingerprint density at radius 1 is 0.593 bits per heavy atom. The van der Waals surface area contributed by atoms with Crippen LogP contribution in [-0.2, 0) is 0 Å². The number of allylic oxidation sites excluding steroid dienone is 8. The largest absolute Gasteiger partial charge is 0.103 e. The van der Waals surface area contributed by atoms with E-state index < -0.39 is 0 Å². The molecule has 0 aliphatic heterocycles. The Balaban J connectivity index is 1.24. The fraction of sp³-hybridized carbons (Fsp3) is 0.630. The highest BCUT2D eigenvalue weighted by atomic mass is 14.7. The summed E-state index contributed by atoms with van der Waals surface area (Å²) in [6, 6.07) is 0. The zero-order valence-corrected chi connectivity index (χ0v) is 16.5. The lowest BCUT2D eigenvalue weighted by Crippen LogP contribution is -2.33. The van der Waals surface area contributed by atoms with Crippen molar-refractivity contribution in [2.45, 2.75) is 32.1 Å². The summed E-state index contributed by atoms with van der Waals surface area (Å²) in [5.41, 5.74) is 0. The minimum Gasteiger partial charge on any atom is -0.103 e. The van der Waals surface area contributed by atoms with Crippen LogP contribution in [0.5, 0.6) is 0 Å². The van der Waals surface area contributed by atoms with Gasteiger partial charge in [-0.15, -0.1) is 13.2 Å². The lowest BCUT2D eigenvalue weighted by atomic mass is 9.67. The molecule has 0 nitrogen and oxygen atoms in total. The monoisotopic (exact) mass is 358 g/mol. The molecule has 6 aliphatic carbocycles. The van der Waals surface area contributed by atoms with E-state index in [0.29, 0.717) is 5.92 Å². The Kier molecular flexibility index (Phi) is 3.76. The van der Waals surface area contributed by atoms with Crippen LogP contribution in [0.3, 0.4) is 0 Å². The Labute approximate surface area is 165 Å². The Hall–Kier alpha value is -1.30. The zero-order chi connectivity index (χ0) is 18.1. The molecule has 0 saturated heterocycles. The van der Waals surface area contributed by atoms with Gasteiger partial charge in [-0.25, -0.2) is 0 Å². The summed E-state index contributed by atoms with van der Waals surface area (Å²) in [6.07, 6.45) is 26.7. The van der Waals surface area contributed by atoms with Crippen LogP contribution in [0.15, 0.2) is 61.8 Å². The molecular formula is C27H34. The topological polar surface area (TPSA) is 0 Å². The summed E-state index contributed by atoms with van der Waals surface area (Å²) in [4.78, 5) is 0. The fourth-order valence-corrected chi connectivity index (χ4v) is 9.00. The number of hydrogen-bond donors (Lipinski definition) is 0. The molecule has 0 aromatic rings. The average molecular weight is 359 g/mol. The first-order valence-corrected chi connectivity index (χ1v) is 11.6. The fourth-order valence-electron chi connectivity index (χ4n) is 9.00. The first-order valence-electron chi connectivity index (χ1n) is 11.6. The highest BCUT2D eigenvalue weighted by molar-refractivity contribution is 5.23. The van der Waals surface area contributed by atoms with Crippen LogP contribution in [0, 0.1) is 71.0 Å². The van der Waals surface area contributed by atoms with Gasteiger partial charge in [0, 0.05) is 0 Å². The van der Waals surface area contributed by atoms with Crippen LogP contribution in [0.4, 0.5) is 0 Å². The summed E-state index contributed by atoms with van der Waals surface area (Å²) in [5.74, 6) is 10.4. The molecule has 4 fully saturated rings. The highest BCUT2D eigenvalue weighted by Gasteiger charge is 2.62. The lowest BCUT2D eigenvalue weighted by molar-refractivity contribution is 0.127. The Morgan fingerprint density at radius 3 is 2.07 bits per heavy atom. The third-order valence-corrected chi connectivity index (χ3v) is 9.88. The van der Waals surface area contributed by atoms with Crippen molar-refractivity contribution in [3.05, 3.63) is 61.8 Å². The van der Waals surface area contributed by atoms with Gasteiger partial charge >= 0.3 is 0 Å². The predicted octanol–water partition coefficient (Wildman–Crippen LogP) is 6.45. The maximum absolute atomic E-state index is 4.25. The molecule has 6 aliphatic rings. The van der Waals surface area contributed by atoms with Crippen LogP contribution in [0.2, 0.25) is 0 Å². The van der Waals surface area contributed by atoms with Gasteiger partial charge in [-0.3, -0.25) is 0 Å². The van der Waals surface area contributed by atoms with Crippen LogP contribution in [-0.4, -0.2) is 0 Å². The molecule has 6 rings (SSSR count). The van der Waals surface area contributed by atoms with E-state index in [1.54, 1.807) is 0 Å². The maximum Gasteiger partial charge on any atom is -0.0133 e. The van der Waals surface area contributed by atoms with Gasteiger partial charge in [-0.1, -0.05) is 48.6 Å². The van der Waals surface area contributed by atoms with Gasteiger partial charge in [0.1, 0.15) is 0 Å². The van der Waals surface area contributed by atoms with Gasteiger partial charge in [0.05, 0.1) is 0 Å². The Bertz CT molecular complexity index is 722. The molecule has 4 saturated carbocycles. The zero-order valence-electron chi connectivity index (χ0n) is 16.5. The second kappa shape index (κ2) is 6.10. The molecule has 0 heteroatoms. The van der Waals surface area contributed by atoms with Crippen LogP contribution in [0.1, 0.15) is 32.1 Å². The van der Waals surface area contributed by atoms with E-state index in [-0.39, 0.29) is 0 Å². The van der Waals surface area contributed by atoms with E-state index >= 15 is 0 Å². The van der Waals surface area contributed by atoms with E-state index in [1.165, 1.54) is 32.1 Å². The van der Waals surface area contributed by atoms with Gasteiger partial charge in [0.15, 0.2) is 0 Å². The first-order chi connectivity index (χ1) is 13.3. The standard InChI is InChI=1S/C27H34/c1-3-16-13-18(21-8-5-7-20(16)21)11-12-19-14-17(4-2)26-24-15-25(27(19)26)23-10-6-9-22(23)24/h3-7,10-12,16-27H,1-2,8-9,13-15H2/b12-11-. The van der Waals surface area contributed by atoms with E-state index in [2.05, 4.69) is 61.8 Å². The molecule has 2 bridgehead atoms. The van der Waals surface area contributed by atoms with Gasteiger partial charge in [-0.2, -0.15) is 0 Å². The maximum atomic E-state index is 4.25. The summed E-state index contributed by atoms with van der Waals surface area (Å²) in [6.45, 7) is 8.37. The second-order valence-electron chi connectivity index (χ2n) is 10.5. The van der Waals surface area contributed by atoms with Crippen molar-refractivity contribution >= 4 is 0 Å². The van der Waals surface area contributed by atoms with Gasteiger partial charge in [-0.05, 0) is 103 Å². The third kappa shape index (κ3) is 2.22. The van der Waals surface area contributed by atoms with Crippen molar-refractivity contribution < 1.29 is 0 Å². The van der Waals surface area contributed by atoms with E-state index in [1.807, 2.05) is 0 Å². The van der Waals surface area contributed by atoms with Crippen molar-refractivity contribution in [1.29, 1.82) is 0 Å². The average Bonchev–Trinajstić information content (AvgIpc) is 3.48. The van der Waals surface area contributed by atoms with Crippen LogP contribution >= 0.6 is 0 Å². The van der Waals surface area contributed by atoms with Gasteiger partial charge in [0.2, 0.25) is 0 Å². The molecule has 0 N–H and O–H groups in total. The number of fused-ring (bicyclic) bond motifs is 9. The number of rotatable bonds is 4. The molecule has 27 heavy (non-hydrogen) atoms. The summed E-state index contributed by atoms with van der Waals surface area (Å²) in [5, 5.41) is 0. The van der Waals surface area contributed by atoms with Crippen molar-refractivity contribution in [3.8, 4) is 0 Å². The summed E-state index contributed by atoms with van der Waals surface area (Å²) in [7, 11) is 0. The van der Waals surface area contributed by atoms with E-state index in [4.69, 9.17) is 0 Å². The molecule has 0 amide bonds. The van der Waals surface area contributed by atoms with Crippen molar-refractivity contribution in [1.82, 2.24) is 0 Å². The molecule has 12 atom stereocenters. The SMILES string of the molecule is C=CC1CC(/C=C\C2CC(C=C)C3C4CC(C5C=CCC54)C23)C2CC=CC12. The summed E-state index contributed by atoms with van der Waals surface area (Å²) < 4.78 is 0. The minimum atomic E-state index is 0.701. The van der Waals surface area contributed by atoms with Crippen LogP contribution < -0.4 is 0 Å². The molecular weight excluding hydrogens is 324 g/mol.